The molecule has 2 amide bonds. The van der Waals surface area contributed by atoms with Crippen molar-refractivity contribution in [2.45, 2.75) is 20.0 Å². The molecule has 2 aromatic carbocycles. The number of ether oxygens (including phenoxy) is 2. The summed E-state index contributed by atoms with van der Waals surface area (Å²) in [7, 11) is 0. The van der Waals surface area contributed by atoms with Crippen molar-refractivity contribution >= 4 is 17.5 Å². The van der Waals surface area contributed by atoms with Gasteiger partial charge in [-0.2, -0.15) is 0 Å². The SMILES string of the molecule is Cc1ccc(C)c(NC(=O)C(=O)NCC2COc3ccccc3O2)c1. The molecule has 1 unspecified atom stereocenters. The molecule has 3 rings (SSSR count). The number of hydrogen-bond acceptors (Lipinski definition) is 4. The molecule has 25 heavy (non-hydrogen) atoms. The Morgan fingerprint density at radius 3 is 2.64 bits per heavy atom. The molecule has 1 atom stereocenters. The topological polar surface area (TPSA) is 76.7 Å². The summed E-state index contributed by atoms with van der Waals surface area (Å²) in [6.45, 7) is 4.30. The van der Waals surface area contributed by atoms with Crippen LogP contribution in [0.2, 0.25) is 0 Å². The van der Waals surface area contributed by atoms with E-state index in [1.165, 1.54) is 0 Å². The van der Waals surface area contributed by atoms with Crippen LogP contribution < -0.4 is 20.1 Å². The van der Waals surface area contributed by atoms with Crippen molar-refractivity contribution in [3.8, 4) is 11.5 Å². The number of carbonyl (C=O) groups is 2. The van der Waals surface area contributed by atoms with E-state index in [2.05, 4.69) is 10.6 Å². The van der Waals surface area contributed by atoms with Gasteiger partial charge < -0.3 is 20.1 Å². The zero-order chi connectivity index (χ0) is 17.8. The van der Waals surface area contributed by atoms with Gasteiger partial charge in [-0.3, -0.25) is 9.59 Å². The van der Waals surface area contributed by atoms with Crippen molar-refractivity contribution in [3.05, 3.63) is 53.6 Å². The number of amides is 2. The predicted octanol–water partition coefficient (Wildman–Crippen LogP) is 2.20. The number of para-hydroxylation sites is 2. The van der Waals surface area contributed by atoms with Gasteiger partial charge in [0.05, 0.1) is 6.54 Å². The number of carbonyl (C=O) groups excluding carboxylic acids is 2. The molecule has 0 bridgehead atoms. The molecule has 2 N–H and O–H groups in total. The molecule has 0 aromatic heterocycles. The molecule has 0 spiro atoms. The molecule has 1 aliphatic heterocycles. The van der Waals surface area contributed by atoms with Crippen LogP contribution in [-0.4, -0.2) is 31.1 Å². The molecule has 6 nitrogen and oxygen atoms in total. The van der Waals surface area contributed by atoms with Gasteiger partial charge in [0.1, 0.15) is 12.7 Å². The van der Waals surface area contributed by atoms with Crippen molar-refractivity contribution < 1.29 is 19.1 Å². The molecule has 6 heteroatoms. The minimum atomic E-state index is -0.705. The number of anilines is 1. The van der Waals surface area contributed by atoms with E-state index >= 15 is 0 Å². The molecule has 1 aliphatic rings. The summed E-state index contributed by atoms with van der Waals surface area (Å²) in [4.78, 5) is 24.1. The fourth-order valence-electron chi connectivity index (χ4n) is 2.50. The van der Waals surface area contributed by atoms with Gasteiger partial charge in [0.25, 0.3) is 0 Å². The zero-order valence-corrected chi connectivity index (χ0v) is 14.2. The van der Waals surface area contributed by atoms with E-state index in [0.29, 0.717) is 23.8 Å². The minimum Gasteiger partial charge on any atom is -0.486 e. The lowest BCUT2D eigenvalue weighted by Crippen LogP contribution is -2.44. The number of hydrogen-bond donors (Lipinski definition) is 2. The summed E-state index contributed by atoms with van der Waals surface area (Å²) in [5.41, 5.74) is 2.53. The lowest BCUT2D eigenvalue weighted by molar-refractivity contribution is -0.136. The first-order chi connectivity index (χ1) is 12.0. The smallest absolute Gasteiger partial charge is 0.313 e. The predicted molar refractivity (Wildman–Crippen MR) is 93.9 cm³/mol. The van der Waals surface area contributed by atoms with E-state index in [-0.39, 0.29) is 12.6 Å². The highest BCUT2D eigenvalue weighted by molar-refractivity contribution is 6.39. The van der Waals surface area contributed by atoms with Crippen LogP contribution in [0.5, 0.6) is 11.5 Å². The van der Waals surface area contributed by atoms with Gasteiger partial charge in [0.15, 0.2) is 11.5 Å². The van der Waals surface area contributed by atoms with Gasteiger partial charge >= 0.3 is 11.8 Å². The van der Waals surface area contributed by atoms with Crippen LogP contribution in [0, 0.1) is 13.8 Å². The number of benzene rings is 2. The summed E-state index contributed by atoms with van der Waals surface area (Å²) in [5.74, 6) is -0.0974. The van der Waals surface area contributed by atoms with Crippen molar-refractivity contribution in [1.29, 1.82) is 0 Å². The van der Waals surface area contributed by atoms with E-state index in [1.807, 2.05) is 50.2 Å². The largest absolute Gasteiger partial charge is 0.486 e. The Balaban J connectivity index is 1.52. The Bertz CT molecular complexity index is 804. The second kappa shape index (κ2) is 7.25. The quantitative estimate of drug-likeness (QED) is 0.840. The van der Waals surface area contributed by atoms with Crippen LogP contribution in [0.4, 0.5) is 5.69 Å². The van der Waals surface area contributed by atoms with Gasteiger partial charge in [-0.25, -0.2) is 0 Å². The summed E-state index contributed by atoms with van der Waals surface area (Å²) >= 11 is 0. The molecule has 0 saturated heterocycles. The van der Waals surface area contributed by atoms with Gasteiger partial charge in [-0.15, -0.1) is 0 Å². The van der Waals surface area contributed by atoms with Crippen LogP contribution >= 0.6 is 0 Å². The minimum absolute atomic E-state index is 0.188. The van der Waals surface area contributed by atoms with Crippen LogP contribution in [0.1, 0.15) is 11.1 Å². The fourth-order valence-corrected chi connectivity index (χ4v) is 2.50. The molecular formula is C19H20N2O4. The summed E-state index contributed by atoms with van der Waals surface area (Å²) < 4.78 is 11.3. The fraction of sp³-hybridized carbons (Fsp3) is 0.263. The molecule has 2 aromatic rings. The second-order valence-electron chi connectivity index (χ2n) is 5.98. The maximum atomic E-state index is 12.1. The molecule has 130 valence electrons. The van der Waals surface area contributed by atoms with Crippen LogP contribution in [0.25, 0.3) is 0 Å². The Morgan fingerprint density at radius 2 is 1.84 bits per heavy atom. The molecule has 0 saturated carbocycles. The molecule has 0 radical (unpaired) electrons. The monoisotopic (exact) mass is 340 g/mol. The van der Waals surface area contributed by atoms with Crippen LogP contribution in [0.15, 0.2) is 42.5 Å². The first kappa shape index (κ1) is 16.8. The van der Waals surface area contributed by atoms with E-state index in [1.54, 1.807) is 6.07 Å². The Kier molecular flexibility index (Phi) is 4.88. The maximum absolute atomic E-state index is 12.1. The Morgan fingerprint density at radius 1 is 1.08 bits per heavy atom. The summed E-state index contributed by atoms with van der Waals surface area (Å²) in [5, 5.41) is 5.21. The average molecular weight is 340 g/mol. The molecule has 1 heterocycles. The third kappa shape index (κ3) is 4.09. The lowest BCUT2D eigenvalue weighted by atomic mass is 10.1. The van der Waals surface area contributed by atoms with Crippen LogP contribution in [0.3, 0.4) is 0 Å². The summed E-state index contributed by atoms with van der Waals surface area (Å²) in [6, 6.07) is 13.0. The number of nitrogens with one attached hydrogen (secondary N) is 2. The second-order valence-corrected chi connectivity index (χ2v) is 5.98. The van der Waals surface area contributed by atoms with E-state index in [4.69, 9.17) is 9.47 Å². The van der Waals surface area contributed by atoms with Gasteiger partial charge in [-0.1, -0.05) is 24.3 Å². The van der Waals surface area contributed by atoms with Crippen LogP contribution in [-0.2, 0) is 9.59 Å². The van der Waals surface area contributed by atoms with Crippen molar-refractivity contribution in [3.63, 3.8) is 0 Å². The van der Waals surface area contributed by atoms with Gasteiger partial charge in [0, 0.05) is 5.69 Å². The van der Waals surface area contributed by atoms with Crippen molar-refractivity contribution in [2.75, 3.05) is 18.5 Å². The van der Waals surface area contributed by atoms with E-state index < -0.39 is 11.8 Å². The third-order valence-electron chi connectivity index (χ3n) is 3.91. The van der Waals surface area contributed by atoms with E-state index in [0.717, 1.165) is 11.1 Å². The first-order valence-electron chi connectivity index (χ1n) is 8.08. The highest BCUT2D eigenvalue weighted by atomic mass is 16.6. The average Bonchev–Trinajstić information content (AvgIpc) is 2.62. The highest BCUT2D eigenvalue weighted by Gasteiger charge is 2.22. The Labute approximate surface area is 146 Å². The maximum Gasteiger partial charge on any atom is 0.313 e. The van der Waals surface area contributed by atoms with Gasteiger partial charge in [-0.05, 0) is 43.2 Å². The highest BCUT2D eigenvalue weighted by Crippen LogP contribution is 2.30. The number of aryl methyl sites for hydroxylation is 2. The van der Waals surface area contributed by atoms with Crippen molar-refractivity contribution in [1.82, 2.24) is 5.32 Å². The molecule has 0 fully saturated rings. The summed E-state index contributed by atoms with van der Waals surface area (Å²) in [6.07, 6.45) is -0.340. The number of fused-ring (bicyclic) bond motifs is 1. The zero-order valence-electron chi connectivity index (χ0n) is 14.2. The normalized spacial score (nSPS) is 15.4. The van der Waals surface area contributed by atoms with Crippen molar-refractivity contribution in [2.24, 2.45) is 0 Å². The standard InChI is InChI=1S/C19H20N2O4/c1-12-7-8-13(2)15(9-12)21-19(23)18(22)20-10-14-11-24-16-5-3-4-6-17(16)25-14/h3-9,14H,10-11H2,1-2H3,(H,20,22)(H,21,23). The third-order valence-corrected chi connectivity index (χ3v) is 3.91. The Hall–Kier alpha value is -3.02. The number of rotatable bonds is 3. The molecular weight excluding hydrogens is 320 g/mol. The first-order valence-corrected chi connectivity index (χ1v) is 8.08. The van der Waals surface area contributed by atoms with E-state index in [9.17, 15) is 9.59 Å². The van der Waals surface area contributed by atoms with Gasteiger partial charge in [0.2, 0.25) is 0 Å². The molecule has 0 aliphatic carbocycles. The lowest BCUT2D eigenvalue weighted by Gasteiger charge is -2.26.